The fourth-order valence-electron chi connectivity index (χ4n) is 2.17. The van der Waals surface area contributed by atoms with Gasteiger partial charge in [0.1, 0.15) is 4.88 Å². The Balaban J connectivity index is 1.84. The van der Waals surface area contributed by atoms with Crippen molar-refractivity contribution >= 4 is 28.3 Å². The first-order valence-electron chi connectivity index (χ1n) is 6.26. The summed E-state index contributed by atoms with van der Waals surface area (Å²) in [4.78, 5) is 12.5. The Hall–Kier alpha value is -2.21. The SMILES string of the molecule is Cc1ccc2c(c1)c(CNC(=O)c1ccns1)nn2C. The van der Waals surface area contributed by atoms with E-state index in [2.05, 4.69) is 26.9 Å². The maximum absolute atomic E-state index is 11.9. The molecule has 0 spiro atoms. The van der Waals surface area contributed by atoms with Crippen LogP contribution in [0.4, 0.5) is 0 Å². The zero-order valence-electron chi connectivity index (χ0n) is 11.3. The molecule has 20 heavy (non-hydrogen) atoms. The highest BCUT2D eigenvalue weighted by atomic mass is 32.1. The predicted octanol–water partition coefficient (Wildman–Crippen LogP) is 2.27. The minimum absolute atomic E-state index is 0.112. The van der Waals surface area contributed by atoms with E-state index in [1.165, 1.54) is 17.1 Å². The molecule has 0 saturated carbocycles. The van der Waals surface area contributed by atoms with Crippen molar-refractivity contribution in [2.75, 3.05) is 0 Å². The Morgan fingerprint density at radius 2 is 2.25 bits per heavy atom. The molecule has 3 rings (SSSR count). The lowest BCUT2D eigenvalue weighted by atomic mass is 10.1. The number of nitrogens with zero attached hydrogens (tertiary/aromatic N) is 3. The van der Waals surface area contributed by atoms with Gasteiger partial charge in [-0.25, -0.2) is 4.37 Å². The van der Waals surface area contributed by atoms with Crippen LogP contribution in [0, 0.1) is 6.92 Å². The molecule has 0 saturated heterocycles. The van der Waals surface area contributed by atoms with Crippen molar-refractivity contribution in [1.29, 1.82) is 0 Å². The molecule has 6 heteroatoms. The van der Waals surface area contributed by atoms with Crippen LogP contribution < -0.4 is 5.32 Å². The van der Waals surface area contributed by atoms with Gasteiger partial charge < -0.3 is 5.32 Å². The van der Waals surface area contributed by atoms with E-state index in [1.54, 1.807) is 12.3 Å². The monoisotopic (exact) mass is 286 g/mol. The van der Waals surface area contributed by atoms with Crippen LogP contribution in [0.1, 0.15) is 20.9 Å². The van der Waals surface area contributed by atoms with Gasteiger partial charge in [-0.05, 0) is 36.7 Å². The normalized spacial score (nSPS) is 10.9. The molecule has 0 fully saturated rings. The average molecular weight is 286 g/mol. The summed E-state index contributed by atoms with van der Waals surface area (Å²) in [6.45, 7) is 2.46. The van der Waals surface area contributed by atoms with Crippen LogP contribution in [0.2, 0.25) is 0 Å². The third-order valence-electron chi connectivity index (χ3n) is 3.16. The molecular weight excluding hydrogens is 272 g/mol. The van der Waals surface area contributed by atoms with Crippen molar-refractivity contribution in [3.63, 3.8) is 0 Å². The van der Waals surface area contributed by atoms with Gasteiger partial charge >= 0.3 is 0 Å². The standard InChI is InChI=1S/C14H14N4OS/c1-9-3-4-12-10(7-9)11(17-18(12)2)8-15-14(19)13-5-6-16-20-13/h3-7H,8H2,1-2H3,(H,15,19). The highest BCUT2D eigenvalue weighted by Gasteiger charge is 2.11. The number of amides is 1. The van der Waals surface area contributed by atoms with Crippen molar-refractivity contribution in [2.24, 2.45) is 7.05 Å². The molecule has 0 aliphatic heterocycles. The second kappa shape index (κ2) is 5.05. The minimum atomic E-state index is -0.112. The maximum atomic E-state index is 11.9. The minimum Gasteiger partial charge on any atom is -0.346 e. The third kappa shape index (κ3) is 2.30. The molecule has 5 nitrogen and oxygen atoms in total. The van der Waals surface area contributed by atoms with Crippen molar-refractivity contribution in [2.45, 2.75) is 13.5 Å². The highest BCUT2D eigenvalue weighted by Crippen LogP contribution is 2.19. The Labute approximate surface area is 120 Å². The Kier molecular flexibility index (Phi) is 3.23. The van der Waals surface area contributed by atoms with Gasteiger partial charge in [0.05, 0.1) is 17.8 Å². The average Bonchev–Trinajstić information content (AvgIpc) is 3.05. The third-order valence-corrected chi connectivity index (χ3v) is 3.91. The lowest BCUT2D eigenvalue weighted by Gasteiger charge is -2.01. The fourth-order valence-corrected chi connectivity index (χ4v) is 2.68. The molecule has 0 atom stereocenters. The lowest BCUT2D eigenvalue weighted by Crippen LogP contribution is -2.22. The van der Waals surface area contributed by atoms with E-state index in [9.17, 15) is 4.79 Å². The van der Waals surface area contributed by atoms with E-state index in [4.69, 9.17) is 0 Å². The number of benzene rings is 1. The highest BCUT2D eigenvalue weighted by molar-refractivity contribution is 7.08. The van der Waals surface area contributed by atoms with Crippen LogP contribution >= 0.6 is 11.5 Å². The summed E-state index contributed by atoms with van der Waals surface area (Å²) in [6, 6.07) is 7.91. The molecule has 1 aromatic carbocycles. The number of aromatic nitrogens is 3. The molecule has 102 valence electrons. The second-order valence-electron chi connectivity index (χ2n) is 4.65. The van der Waals surface area contributed by atoms with Crippen LogP contribution in [0.5, 0.6) is 0 Å². The zero-order valence-corrected chi connectivity index (χ0v) is 12.1. The van der Waals surface area contributed by atoms with Crippen LogP contribution in [0.15, 0.2) is 30.5 Å². The van der Waals surface area contributed by atoms with Gasteiger partial charge in [-0.2, -0.15) is 5.10 Å². The summed E-state index contributed by atoms with van der Waals surface area (Å²) in [5.41, 5.74) is 3.13. The number of hydrogen-bond acceptors (Lipinski definition) is 4. The molecule has 0 aliphatic rings. The van der Waals surface area contributed by atoms with E-state index in [0.717, 1.165) is 16.6 Å². The fraction of sp³-hybridized carbons (Fsp3) is 0.214. The van der Waals surface area contributed by atoms with Gasteiger partial charge in [0, 0.05) is 18.6 Å². The number of carbonyl (C=O) groups is 1. The zero-order chi connectivity index (χ0) is 14.1. The lowest BCUT2D eigenvalue weighted by molar-refractivity contribution is 0.0954. The maximum Gasteiger partial charge on any atom is 0.263 e. The molecule has 1 N–H and O–H groups in total. The summed E-state index contributed by atoms with van der Waals surface area (Å²) >= 11 is 1.19. The van der Waals surface area contributed by atoms with Gasteiger partial charge in [0.25, 0.3) is 5.91 Å². The van der Waals surface area contributed by atoms with Crippen LogP contribution in [-0.2, 0) is 13.6 Å². The van der Waals surface area contributed by atoms with E-state index in [1.807, 2.05) is 24.7 Å². The first-order valence-corrected chi connectivity index (χ1v) is 7.03. The van der Waals surface area contributed by atoms with E-state index >= 15 is 0 Å². The van der Waals surface area contributed by atoms with Crippen molar-refractivity contribution in [3.05, 3.63) is 46.6 Å². The first-order chi connectivity index (χ1) is 9.65. The Bertz CT molecular complexity index is 761. The predicted molar refractivity (Wildman–Crippen MR) is 78.7 cm³/mol. The number of aryl methyl sites for hydroxylation is 2. The largest absolute Gasteiger partial charge is 0.346 e. The van der Waals surface area contributed by atoms with E-state index in [0.29, 0.717) is 11.4 Å². The molecule has 2 heterocycles. The van der Waals surface area contributed by atoms with Gasteiger partial charge in [-0.3, -0.25) is 9.48 Å². The Morgan fingerprint density at radius 1 is 1.40 bits per heavy atom. The van der Waals surface area contributed by atoms with E-state index in [-0.39, 0.29) is 5.91 Å². The number of nitrogens with one attached hydrogen (secondary N) is 1. The van der Waals surface area contributed by atoms with Gasteiger partial charge in [-0.1, -0.05) is 11.6 Å². The van der Waals surface area contributed by atoms with Crippen molar-refractivity contribution in [1.82, 2.24) is 19.5 Å². The quantitative estimate of drug-likeness (QED) is 0.803. The first kappa shape index (κ1) is 12.8. The molecule has 0 radical (unpaired) electrons. The number of fused-ring (bicyclic) bond motifs is 1. The summed E-state index contributed by atoms with van der Waals surface area (Å²) in [5.74, 6) is -0.112. The van der Waals surface area contributed by atoms with Crippen LogP contribution in [0.25, 0.3) is 10.9 Å². The number of rotatable bonds is 3. The van der Waals surface area contributed by atoms with Crippen LogP contribution in [-0.4, -0.2) is 20.1 Å². The molecular formula is C14H14N4OS. The van der Waals surface area contributed by atoms with Crippen molar-refractivity contribution < 1.29 is 4.79 Å². The topological polar surface area (TPSA) is 59.8 Å². The van der Waals surface area contributed by atoms with Crippen molar-refractivity contribution in [3.8, 4) is 0 Å². The van der Waals surface area contributed by atoms with Gasteiger partial charge in [0.2, 0.25) is 0 Å². The summed E-state index contributed by atoms with van der Waals surface area (Å²) in [6.07, 6.45) is 1.62. The molecule has 0 aliphatic carbocycles. The summed E-state index contributed by atoms with van der Waals surface area (Å²) < 4.78 is 5.76. The Morgan fingerprint density at radius 3 is 3.00 bits per heavy atom. The molecule has 0 unspecified atom stereocenters. The van der Waals surface area contributed by atoms with E-state index < -0.39 is 0 Å². The van der Waals surface area contributed by atoms with Gasteiger partial charge in [0.15, 0.2) is 0 Å². The molecule has 1 amide bonds. The number of carbonyl (C=O) groups excluding carboxylic acids is 1. The molecule has 3 aromatic rings. The molecule has 0 bridgehead atoms. The second-order valence-corrected chi connectivity index (χ2v) is 5.48. The smallest absolute Gasteiger partial charge is 0.263 e. The molecule has 2 aromatic heterocycles. The number of hydrogen-bond donors (Lipinski definition) is 1. The van der Waals surface area contributed by atoms with Gasteiger partial charge in [-0.15, -0.1) is 0 Å². The summed E-state index contributed by atoms with van der Waals surface area (Å²) in [7, 11) is 1.91. The summed E-state index contributed by atoms with van der Waals surface area (Å²) in [5, 5.41) is 8.44. The van der Waals surface area contributed by atoms with Crippen LogP contribution in [0.3, 0.4) is 0 Å².